The lowest BCUT2D eigenvalue weighted by Crippen LogP contribution is -2.51. The Balaban J connectivity index is 4.20. The Kier molecular flexibility index (Phi) is 7.08. The van der Waals surface area contributed by atoms with Crippen LogP contribution in [0.15, 0.2) is 0 Å². The largest absolute Gasteiger partial charge is 0.479 e. The van der Waals surface area contributed by atoms with E-state index in [0.717, 1.165) is 19.1 Å². The highest BCUT2D eigenvalue weighted by atomic mass is 32.2. The lowest BCUT2D eigenvalue weighted by Gasteiger charge is -2.27. The van der Waals surface area contributed by atoms with Gasteiger partial charge in [-0.2, -0.15) is 11.8 Å². The Morgan fingerprint density at radius 1 is 1.50 bits per heavy atom. The van der Waals surface area contributed by atoms with E-state index < -0.39 is 11.6 Å². The second-order valence-electron chi connectivity index (χ2n) is 4.48. The molecule has 0 aliphatic rings. The maximum atomic E-state index is 11.7. The normalized spacial score (nSPS) is 15.6. The van der Waals surface area contributed by atoms with Crippen molar-refractivity contribution in [3.05, 3.63) is 0 Å². The average Bonchev–Trinajstić information content (AvgIpc) is 2.31. The number of amides is 2. The first-order valence-corrected chi connectivity index (χ1v) is 7.07. The van der Waals surface area contributed by atoms with Crippen LogP contribution in [0.25, 0.3) is 0 Å². The van der Waals surface area contributed by atoms with Crippen molar-refractivity contribution in [2.75, 3.05) is 25.6 Å². The number of rotatable bonds is 7. The zero-order valence-corrected chi connectivity index (χ0v) is 12.1. The average molecular weight is 278 g/mol. The summed E-state index contributed by atoms with van der Waals surface area (Å²) >= 11 is 1.70. The molecule has 0 aliphatic heterocycles. The van der Waals surface area contributed by atoms with E-state index in [4.69, 9.17) is 5.11 Å². The Morgan fingerprint density at radius 3 is 2.50 bits per heavy atom. The Bertz CT molecular complexity index is 297. The number of urea groups is 1. The van der Waals surface area contributed by atoms with Crippen LogP contribution in [0, 0.1) is 0 Å². The van der Waals surface area contributed by atoms with Gasteiger partial charge in [0.2, 0.25) is 0 Å². The van der Waals surface area contributed by atoms with Gasteiger partial charge in [0.1, 0.15) is 0 Å². The number of carboxylic acids is 1. The summed E-state index contributed by atoms with van der Waals surface area (Å²) in [7, 11) is 1.65. The molecule has 0 aliphatic carbocycles. The van der Waals surface area contributed by atoms with Gasteiger partial charge in [0.25, 0.3) is 0 Å². The third kappa shape index (κ3) is 5.59. The quantitative estimate of drug-likeness (QED) is 0.634. The van der Waals surface area contributed by atoms with Gasteiger partial charge >= 0.3 is 12.0 Å². The van der Waals surface area contributed by atoms with Gasteiger partial charge < -0.3 is 20.4 Å². The predicted molar refractivity (Wildman–Crippen MR) is 71.9 cm³/mol. The van der Waals surface area contributed by atoms with Gasteiger partial charge in [0.05, 0.1) is 6.54 Å². The molecule has 0 aromatic carbocycles. The van der Waals surface area contributed by atoms with E-state index in [2.05, 4.69) is 5.32 Å². The van der Waals surface area contributed by atoms with Gasteiger partial charge in [-0.3, -0.25) is 0 Å². The number of carboxylic acid groups (broad SMARTS) is 1. The van der Waals surface area contributed by atoms with Crippen molar-refractivity contribution < 1.29 is 19.8 Å². The number of carbonyl (C=O) groups is 2. The Morgan fingerprint density at radius 2 is 2.06 bits per heavy atom. The first kappa shape index (κ1) is 17.1. The smallest absolute Gasteiger partial charge is 0.337 e. The molecule has 0 spiro atoms. The van der Waals surface area contributed by atoms with E-state index in [9.17, 15) is 14.7 Å². The highest BCUT2D eigenvalue weighted by Gasteiger charge is 2.31. The number of hydrogen-bond donors (Lipinski definition) is 3. The number of carbonyl (C=O) groups excluding carboxylic acids is 1. The van der Waals surface area contributed by atoms with Gasteiger partial charge in [-0.25, -0.2) is 9.59 Å². The molecule has 0 saturated carbocycles. The minimum atomic E-state index is -1.95. The van der Waals surface area contributed by atoms with E-state index in [-0.39, 0.29) is 18.6 Å². The van der Waals surface area contributed by atoms with Crippen molar-refractivity contribution >= 4 is 23.8 Å². The van der Waals surface area contributed by atoms with E-state index in [0.29, 0.717) is 0 Å². The summed E-state index contributed by atoms with van der Waals surface area (Å²) in [6, 6.07) is -0.322. The van der Waals surface area contributed by atoms with Crippen molar-refractivity contribution in [2.24, 2.45) is 0 Å². The fraction of sp³-hybridized carbons (Fsp3) is 0.818. The van der Waals surface area contributed by atoms with E-state index in [1.807, 2.05) is 13.2 Å². The van der Waals surface area contributed by atoms with Crippen LogP contribution in [0.3, 0.4) is 0 Å². The lowest BCUT2D eigenvalue weighted by atomic mass is 10.1. The maximum Gasteiger partial charge on any atom is 0.337 e. The van der Waals surface area contributed by atoms with Crippen molar-refractivity contribution in [3.63, 3.8) is 0 Å². The van der Waals surface area contributed by atoms with Crippen LogP contribution in [0.4, 0.5) is 4.79 Å². The molecular weight excluding hydrogens is 256 g/mol. The number of aliphatic hydroxyl groups is 1. The van der Waals surface area contributed by atoms with Gasteiger partial charge in [-0.1, -0.05) is 0 Å². The predicted octanol–water partition coefficient (Wildman–Crippen LogP) is 0.605. The summed E-state index contributed by atoms with van der Waals surface area (Å²) in [6.07, 6.45) is 2.86. The molecule has 2 atom stereocenters. The second-order valence-corrected chi connectivity index (χ2v) is 5.46. The fourth-order valence-electron chi connectivity index (χ4n) is 1.13. The lowest BCUT2D eigenvalue weighted by molar-refractivity contribution is -0.155. The number of hydrogen-bond acceptors (Lipinski definition) is 4. The van der Waals surface area contributed by atoms with Gasteiger partial charge in [-0.05, 0) is 32.3 Å². The van der Waals surface area contributed by atoms with Crippen LogP contribution < -0.4 is 5.32 Å². The molecule has 0 heterocycles. The van der Waals surface area contributed by atoms with Gasteiger partial charge in [-0.15, -0.1) is 0 Å². The molecule has 0 rings (SSSR count). The third-order valence-corrected chi connectivity index (χ3v) is 3.41. The highest BCUT2D eigenvalue weighted by Crippen LogP contribution is 2.07. The Labute approximate surface area is 112 Å². The SMILES string of the molecule is CSCCC(C)N(C)C(=O)NCC(C)(O)C(=O)O. The minimum Gasteiger partial charge on any atom is -0.479 e. The van der Waals surface area contributed by atoms with Crippen molar-refractivity contribution in [1.82, 2.24) is 10.2 Å². The second kappa shape index (κ2) is 7.48. The molecule has 6 nitrogen and oxygen atoms in total. The Hall–Kier alpha value is -0.950. The summed E-state index contributed by atoms with van der Waals surface area (Å²) in [6.45, 7) is 2.75. The van der Waals surface area contributed by atoms with Crippen LogP contribution in [0.2, 0.25) is 0 Å². The molecule has 0 radical (unpaired) electrons. The molecule has 3 N–H and O–H groups in total. The van der Waals surface area contributed by atoms with Crippen molar-refractivity contribution in [3.8, 4) is 0 Å². The monoisotopic (exact) mass is 278 g/mol. The van der Waals surface area contributed by atoms with Crippen LogP contribution in [-0.2, 0) is 4.79 Å². The zero-order chi connectivity index (χ0) is 14.3. The number of thioether (sulfide) groups is 1. The first-order chi connectivity index (χ1) is 8.22. The minimum absolute atomic E-state index is 0.0622. The maximum absolute atomic E-state index is 11.7. The summed E-state index contributed by atoms with van der Waals surface area (Å²) in [5.74, 6) is -0.410. The van der Waals surface area contributed by atoms with Gasteiger partial charge in [0, 0.05) is 13.1 Å². The summed E-state index contributed by atoms with van der Waals surface area (Å²) in [5.41, 5.74) is -1.95. The zero-order valence-electron chi connectivity index (χ0n) is 11.3. The van der Waals surface area contributed by atoms with E-state index >= 15 is 0 Å². The molecule has 106 valence electrons. The first-order valence-electron chi connectivity index (χ1n) is 5.67. The molecule has 2 unspecified atom stereocenters. The van der Waals surface area contributed by atoms with Crippen molar-refractivity contribution in [2.45, 2.75) is 31.9 Å². The van der Waals surface area contributed by atoms with Crippen LogP contribution in [0.1, 0.15) is 20.3 Å². The highest BCUT2D eigenvalue weighted by molar-refractivity contribution is 7.98. The van der Waals surface area contributed by atoms with Crippen LogP contribution in [0.5, 0.6) is 0 Å². The van der Waals surface area contributed by atoms with Crippen LogP contribution in [-0.4, -0.2) is 64.4 Å². The molecule has 0 bridgehead atoms. The standard InChI is InChI=1S/C11H22N2O4S/c1-8(5-6-18-4)13(3)10(16)12-7-11(2,17)9(14)15/h8,17H,5-7H2,1-4H3,(H,12,16)(H,14,15). The van der Waals surface area contributed by atoms with E-state index in [1.54, 1.807) is 18.8 Å². The number of aliphatic carboxylic acids is 1. The molecule has 0 aromatic rings. The molecule has 0 aromatic heterocycles. The van der Waals surface area contributed by atoms with Crippen molar-refractivity contribution in [1.29, 1.82) is 0 Å². The van der Waals surface area contributed by atoms with E-state index in [1.165, 1.54) is 4.90 Å². The van der Waals surface area contributed by atoms with Gasteiger partial charge in [0.15, 0.2) is 5.60 Å². The van der Waals surface area contributed by atoms with Crippen LogP contribution >= 0.6 is 11.8 Å². The number of nitrogens with zero attached hydrogens (tertiary/aromatic N) is 1. The third-order valence-electron chi connectivity index (χ3n) is 2.77. The summed E-state index contributed by atoms with van der Waals surface area (Å²) in [4.78, 5) is 23.9. The molecule has 18 heavy (non-hydrogen) atoms. The topological polar surface area (TPSA) is 89.9 Å². The molecule has 0 fully saturated rings. The molecule has 0 saturated heterocycles. The molecule has 2 amide bonds. The molecule has 7 heteroatoms. The fourth-order valence-corrected chi connectivity index (χ4v) is 1.71. The number of nitrogens with one attached hydrogen (secondary N) is 1. The molecular formula is C11H22N2O4S. The summed E-state index contributed by atoms with van der Waals surface area (Å²) in [5, 5.41) is 20.6. The summed E-state index contributed by atoms with van der Waals surface area (Å²) < 4.78 is 0.